The lowest BCUT2D eigenvalue weighted by atomic mass is 9.91. The molecule has 0 radical (unpaired) electrons. The maximum Gasteiger partial charge on any atom is 0.241 e. The average molecular weight is 348 g/mol. The number of ether oxygens (including phenoxy) is 1. The second-order valence-corrected chi connectivity index (χ2v) is 6.97. The zero-order valence-electron chi connectivity index (χ0n) is 14.6. The van der Waals surface area contributed by atoms with Gasteiger partial charge in [-0.2, -0.15) is 0 Å². The zero-order chi connectivity index (χ0) is 18.1. The fourth-order valence-corrected chi connectivity index (χ4v) is 3.15. The van der Waals surface area contributed by atoms with Crippen molar-refractivity contribution < 1.29 is 4.74 Å². The van der Waals surface area contributed by atoms with Crippen LogP contribution in [0.3, 0.4) is 0 Å². The van der Waals surface area contributed by atoms with E-state index in [-0.39, 0.29) is 5.54 Å². The highest BCUT2D eigenvalue weighted by Gasteiger charge is 2.28. The normalized spacial score (nSPS) is 18.0. The minimum absolute atomic E-state index is 0.0962. The summed E-state index contributed by atoms with van der Waals surface area (Å²) in [4.78, 5) is 19.4. The first kappa shape index (κ1) is 16.5. The number of hydrogen-bond donors (Lipinski definition) is 1. The van der Waals surface area contributed by atoms with Crippen LogP contribution in [0.15, 0.2) is 35.5 Å². The number of hydrogen-bond acceptors (Lipinski definition) is 6. The molecule has 0 atom stereocenters. The summed E-state index contributed by atoms with van der Waals surface area (Å²) in [6, 6.07) is 7.11. The Kier molecular flexibility index (Phi) is 4.05. The number of nitrogens with zero attached hydrogens (tertiary/aromatic N) is 5. The second kappa shape index (κ2) is 6.39. The number of rotatable bonds is 2. The Morgan fingerprint density at radius 2 is 2.04 bits per heavy atom. The third kappa shape index (κ3) is 3.11. The van der Waals surface area contributed by atoms with Crippen LogP contribution in [0, 0.1) is 6.57 Å². The molecule has 0 bridgehead atoms. The van der Waals surface area contributed by atoms with Crippen molar-refractivity contribution in [2.45, 2.75) is 31.8 Å². The van der Waals surface area contributed by atoms with Crippen LogP contribution in [-0.4, -0.2) is 34.5 Å². The molecule has 1 saturated heterocycles. The Balaban J connectivity index is 1.52. The van der Waals surface area contributed by atoms with Crippen molar-refractivity contribution in [3.8, 4) is 5.75 Å². The highest BCUT2D eigenvalue weighted by molar-refractivity contribution is 5.97. The Bertz CT molecular complexity index is 904. The number of piperidine rings is 1. The summed E-state index contributed by atoms with van der Waals surface area (Å²) in [6.45, 7) is 11.5. The molecule has 4 rings (SSSR count). The average Bonchev–Trinajstić information content (AvgIpc) is 3.04. The monoisotopic (exact) mass is 348 g/mol. The van der Waals surface area contributed by atoms with Crippen molar-refractivity contribution in [3.63, 3.8) is 0 Å². The van der Waals surface area contributed by atoms with Crippen molar-refractivity contribution in [1.82, 2.24) is 9.97 Å². The van der Waals surface area contributed by atoms with Crippen molar-refractivity contribution in [1.29, 1.82) is 0 Å². The Hall–Kier alpha value is -2.98. The van der Waals surface area contributed by atoms with Gasteiger partial charge in [0.15, 0.2) is 0 Å². The summed E-state index contributed by atoms with van der Waals surface area (Å²) in [7, 11) is 0. The Morgan fingerprint density at radius 3 is 2.81 bits per heavy atom. The fourth-order valence-electron chi connectivity index (χ4n) is 3.15. The Labute approximate surface area is 152 Å². The van der Waals surface area contributed by atoms with E-state index in [2.05, 4.69) is 26.6 Å². The van der Waals surface area contributed by atoms with Gasteiger partial charge >= 0.3 is 0 Å². The summed E-state index contributed by atoms with van der Waals surface area (Å²) in [5.74, 6) is 1.76. The van der Waals surface area contributed by atoms with Gasteiger partial charge in [0.25, 0.3) is 0 Å². The van der Waals surface area contributed by atoms with Crippen LogP contribution in [0.2, 0.25) is 0 Å². The number of anilines is 1. The first-order chi connectivity index (χ1) is 12.6. The highest BCUT2D eigenvalue weighted by Crippen LogP contribution is 2.30. The van der Waals surface area contributed by atoms with Crippen LogP contribution in [0.25, 0.3) is 4.85 Å². The SMILES string of the molecule is [C-]#[N+]c1ccccc1OC1=NCc2nc(N3CCC(C)(N)CC3)cnc21. The highest BCUT2D eigenvalue weighted by atomic mass is 16.5. The summed E-state index contributed by atoms with van der Waals surface area (Å²) >= 11 is 0. The number of aromatic nitrogens is 2. The first-order valence-corrected chi connectivity index (χ1v) is 8.65. The topological polar surface area (TPSA) is 81.0 Å². The van der Waals surface area contributed by atoms with E-state index in [4.69, 9.17) is 22.0 Å². The quantitative estimate of drug-likeness (QED) is 0.844. The smallest absolute Gasteiger partial charge is 0.241 e. The first-order valence-electron chi connectivity index (χ1n) is 8.65. The lowest BCUT2D eigenvalue weighted by Crippen LogP contribution is -2.48. The predicted octanol–water partition coefficient (Wildman–Crippen LogP) is 2.68. The molecule has 1 aromatic heterocycles. The van der Waals surface area contributed by atoms with Gasteiger partial charge < -0.3 is 15.4 Å². The standard InChI is InChI=1S/C19H20N6O/c1-19(20)7-9-25(10-8-19)16-12-22-17-14(24-16)11-23-18(17)26-15-6-4-3-5-13(15)21-2/h3-6,12H,7-11,20H2,1H3. The van der Waals surface area contributed by atoms with Gasteiger partial charge in [-0.05, 0) is 25.8 Å². The molecule has 0 unspecified atom stereocenters. The number of benzene rings is 1. The molecule has 2 aliphatic rings. The Morgan fingerprint density at radius 1 is 1.27 bits per heavy atom. The maximum atomic E-state index is 7.24. The van der Waals surface area contributed by atoms with Gasteiger partial charge in [0.2, 0.25) is 11.6 Å². The van der Waals surface area contributed by atoms with Crippen LogP contribution < -0.4 is 15.4 Å². The van der Waals surface area contributed by atoms with E-state index in [1.165, 1.54) is 0 Å². The second-order valence-electron chi connectivity index (χ2n) is 6.97. The number of fused-ring (bicyclic) bond motifs is 1. The van der Waals surface area contributed by atoms with Gasteiger partial charge in [0.1, 0.15) is 17.3 Å². The van der Waals surface area contributed by atoms with E-state index in [1.54, 1.807) is 18.3 Å². The van der Waals surface area contributed by atoms with E-state index < -0.39 is 0 Å². The molecule has 7 nitrogen and oxygen atoms in total. The molecule has 132 valence electrons. The van der Waals surface area contributed by atoms with Crippen molar-refractivity contribution >= 4 is 17.4 Å². The molecular formula is C19H20N6O. The zero-order valence-corrected chi connectivity index (χ0v) is 14.6. The molecule has 0 saturated carbocycles. The van der Waals surface area contributed by atoms with Crippen LogP contribution in [0.5, 0.6) is 5.75 Å². The van der Waals surface area contributed by atoms with Gasteiger partial charge in [-0.25, -0.2) is 19.8 Å². The molecule has 26 heavy (non-hydrogen) atoms. The summed E-state index contributed by atoms with van der Waals surface area (Å²) in [5, 5.41) is 0. The number of nitrogens with two attached hydrogens (primary N) is 1. The van der Waals surface area contributed by atoms with Crippen molar-refractivity contribution in [2.75, 3.05) is 18.0 Å². The van der Waals surface area contributed by atoms with Gasteiger partial charge in [0.05, 0.1) is 25.0 Å². The predicted molar refractivity (Wildman–Crippen MR) is 99.6 cm³/mol. The summed E-state index contributed by atoms with van der Waals surface area (Å²) < 4.78 is 5.84. The van der Waals surface area contributed by atoms with Crippen LogP contribution in [0.1, 0.15) is 31.2 Å². The lowest BCUT2D eigenvalue weighted by Gasteiger charge is -2.37. The van der Waals surface area contributed by atoms with Crippen molar-refractivity contribution in [2.24, 2.45) is 10.7 Å². The van der Waals surface area contributed by atoms with E-state index in [0.717, 1.165) is 37.4 Å². The van der Waals surface area contributed by atoms with Gasteiger partial charge in [-0.3, -0.25) is 0 Å². The third-order valence-corrected chi connectivity index (χ3v) is 4.83. The van der Waals surface area contributed by atoms with Crippen LogP contribution in [-0.2, 0) is 6.54 Å². The molecule has 7 heteroatoms. The van der Waals surface area contributed by atoms with Crippen LogP contribution in [0.4, 0.5) is 11.5 Å². The summed E-state index contributed by atoms with van der Waals surface area (Å²) in [5.41, 5.74) is 8.01. The fraction of sp³-hybridized carbons (Fsp3) is 0.368. The summed E-state index contributed by atoms with van der Waals surface area (Å²) in [6.07, 6.45) is 3.64. The van der Waals surface area contributed by atoms with Crippen LogP contribution >= 0.6 is 0 Å². The molecule has 2 N–H and O–H groups in total. The van der Waals surface area contributed by atoms with E-state index >= 15 is 0 Å². The number of para-hydroxylation sites is 2. The molecule has 3 heterocycles. The molecule has 2 aromatic rings. The molecule has 2 aliphatic heterocycles. The van der Waals surface area contributed by atoms with E-state index in [1.807, 2.05) is 12.1 Å². The van der Waals surface area contributed by atoms with E-state index in [0.29, 0.717) is 29.6 Å². The van der Waals surface area contributed by atoms with Gasteiger partial charge in [-0.1, -0.05) is 18.2 Å². The molecule has 0 amide bonds. The van der Waals surface area contributed by atoms with E-state index in [9.17, 15) is 0 Å². The minimum atomic E-state index is -0.0962. The molecule has 1 fully saturated rings. The van der Waals surface area contributed by atoms with Gasteiger partial charge in [0, 0.05) is 18.6 Å². The third-order valence-electron chi connectivity index (χ3n) is 4.83. The molecule has 0 aliphatic carbocycles. The van der Waals surface area contributed by atoms with Crippen molar-refractivity contribution in [3.05, 3.63) is 53.3 Å². The molecular weight excluding hydrogens is 328 g/mol. The molecule has 1 aromatic carbocycles. The minimum Gasteiger partial charge on any atom is -0.449 e. The lowest BCUT2D eigenvalue weighted by molar-refractivity contribution is 0.363. The number of aliphatic imine (C=N–C) groups is 1. The maximum absolute atomic E-state index is 7.24. The van der Waals surface area contributed by atoms with Gasteiger partial charge in [-0.15, -0.1) is 0 Å². The molecule has 0 spiro atoms. The largest absolute Gasteiger partial charge is 0.449 e.